The molecule has 3 aliphatic carbocycles. The molecule has 0 unspecified atom stereocenters. The predicted octanol–water partition coefficient (Wildman–Crippen LogP) is 4.98. The second-order valence-corrected chi connectivity index (χ2v) is 13.8. The van der Waals surface area contributed by atoms with Crippen molar-refractivity contribution in [1.29, 1.82) is 0 Å². The summed E-state index contributed by atoms with van der Waals surface area (Å²) in [5.74, 6) is -0.433. The summed E-state index contributed by atoms with van der Waals surface area (Å²) in [6.45, 7) is 15.5. The molecule has 6 rings (SSSR count). The van der Waals surface area contributed by atoms with Gasteiger partial charge in [-0.15, -0.1) is 6.58 Å². The molecule has 5 aliphatic rings. The van der Waals surface area contributed by atoms with Crippen LogP contribution in [0.1, 0.15) is 75.7 Å². The summed E-state index contributed by atoms with van der Waals surface area (Å²) < 4.78 is 11.9. The van der Waals surface area contributed by atoms with Crippen LogP contribution < -0.4 is 4.90 Å². The summed E-state index contributed by atoms with van der Waals surface area (Å²) in [6.07, 6.45) is 3.05. The van der Waals surface area contributed by atoms with Crippen molar-refractivity contribution in [3.05, 3.63) is 42.0 Å². The highest BCUT2D eigenvalue weighted by atomic mass is 16.6. The quantitative estimate of drug-likeness (QED) is 0.518. The maximum atomic E-state index is 13.9. The monoisotopic (exact) mass is 564 g/mol. The highest BCUT2D eigenvalue weighted by molar-refractivity contribution is 6.06. The van der Waals surface area contributed by atoms with E-state index in [2.05, 4.69) is 32.3 Å². The number of Topliss-reactive ketones (excluding diaryl/α,β-unsaturated/α-hetero) is 1. The lowest BCUT2D eigenvalue weighted by molar-refractivity contribution is -0.192. The number of fused-ring (bicyclic) bond motifs is 1. The minimum absolute atomic E-state index is 0.0965. The first-order valence-corrected chi connectivity index (χ1v) is 15.3. The van der Waals surface area contributed by atoms with Crippen molar-refractivity contribution in [2.45, 2.75) is 78.6 Å². The molecule has 2 aliphatic heterocycles. The number of morpholine rings is 1. The van der Waals surface area contributed by atoms with Crippen LogP contribution >= 0.6 is 0 Å². The number of ketones is 1. The van der Waals surface area contributed by atoms with E-state index in [1.807, 2.05) is 19.1 Å². The van der Waals surface area contributed by atoms with Gasteiger partial charge in [0.2, 0.25) is 0 Å². The molecule has 8 atom stereocenters. The fourth-order valence-electron chi connectivity index (χ4n) is 9.16. The normalized spacial score (nSPS) is 40.5. The van der Waals surface area contributed by atoms with E-state index < -0.39 is 29.1 Å². The lowest BCUT2D eigenvalue weighted by atomic mass is 9.44. The number of benzene rings is 1. The third-order valence-electron chi connectivity index (χ3n) is 12.0. The van der Waals surface area contributed by atoms with Gasteiger partial charge in [-0.25, -0.2) is 9.69 Å². The van der Waals surface area contributed by atoms with Crippen molar-refractivity contribution in [3.8, 4) is 0 Å². The zero-order chi connectivity index (χ0) is 29.3. The van der Waals surface area contributed by atoms with E-state index in [0.717, 1.165) is 43.6 Å². The average molecular weight is 565 g/mol. The van der Waals surface area contributed by atoms with Crippen molar-refractivity contribution in [2.24, 2.45) is 34.0 Å². The molecule has 0 radical (unpaired) electrons. The van der Waals surface area contributed by atoms with Crippen LogP contribution in [0.4, 0.5) is 10.5 Å². The molecule has 0 aromatic heterocycles. The van der Waals surface area contributed by atoms with Crippen molar-refractivity contribution in [1.82, 2.24) is 4.90 Å². The lowest BCUT2D eigenvalue weighted by Gasteiger charge is -2.61. The molecule has 2 bridgehead atoms. The Bertz CT molecular complexity index is 1270. The van der Waals surface area contributed by atoms with Gasteiger partial charge in [0.05, 0.1) is 25.9 Å². The number of carbonyl (C=O) groups is 3. The van der Waals surface area contributed by atoms with Crippen molar-refractivity contribution >= 4 is 23.5 Å². The van der Waals surface area contributed by atoms with Crippen LogP contribution in [0.3, 0.4) is 0 Å². The second-order valence-electron chi connectivity index (χ2n) is 13.8. The SMILES string of the molecule is C=C[C@]1(C)C[C@@H](OC(=O)N2Cc3cc(N4CCOCC4)ccc3C2=O)[C@]2(C)[C@H](C)CC[C@]3(CCC(=O)[C@H]32)[C@@H](C)[C@@H]1O. The van der Waals surface area contributed by atoms with Crippen molar-refractivity contribution < 1.29 is 29.0 Å². The van der Waals surface area contributed by atoms with Crippen molar-refractivity contribution in [2.75, 3.05) is 31.2 Å². The Morgan fingerprint density at radius 1 is 1.17 bits per heavy atom. The Labute approximate surface area is 243 Å². The van der Waals surface area contributed by atoms with E-state index >= 15 is 0 Å². The topological polar surface area (TPSA) is 96.4 Å². The predicted molar refractivity (Wildman–Crippen MR) is 154 cm³/mol. The first-order valence-electron chi connectivity index (χ1n) is 15.3. The van der Waals surface area contributed by atoms with Gasteiger partial charge in [-0.05, 0) is 66.7 Å². The molecule has 0 spiro atoms. The number of imide groups is 1. The fraction of sp³-hybridized carbons (Fsp3) is 0.667. The van der Waals surface area contributed by atoms with Crippen LogP contribution in [0.15, 0.2) is 30.9 Å². The maximum absolute atomic E-state index is 13.9. The second kappa shape index (κ2) is 9.94. The fourth-order valence-corrected chi connectivity index (χ4v) is 9.16. The number of rotatable bonds is 3. The minimum Gasteiger partial charge on any atom is -0.445 e. The zero-order valence-electron chi connectivity index (χ0n) is 24.9. The Balaban J connectivity index is 1.32. The van der Waals surface area contributed by atoms with E-state index in [9.17, 15) is 19.5 Å². The number of nitrogens with zero attached hydrogens (tertiary/aromatic N) is 2. The molecule has 41 heavy (non-hydrogen) atoms. The summed E-state index contributed by atoms with van der Waals surface area (Å²) in [5.41, 5.74) is 0.633. The number of ether oxygens (including phenoxy) is 2. The van der Waals surface area contributed by atoms with Gasteiger partial charge in [-0.1, -0.05) is 33.8 Å². The molecule has 3 saturated carbocycles. The van der Waals surface area contributed by atoms with Crippen LogP contribution in [0.5, 0.6) is 0 Å². The molecule has 222 valence electrons. The number of amides is 2. The van der Waals surface area contributed by atoms with E-state index in [-0.39, 0.29) is 41.4 Å². The van der Waals surface area contributed by atoms with E-state index in [0.29, 0.717) is 31.6 Å². The van der Waals surface area contributed by atoms with Gasteiger partial charge in [-0.2, -0.15) is 0 Å². The first kappa shape index (κ1) is 28.4. The van der Waals surface area contributed by atoms with Gasteiger partial charge in [0.25, 0.3) is 5.91 Å². The Morgan fingerprint density at radius 2 is 1.90 bits per heavy atom. The molecule has 1 aromatic rings. The number of anilines is 1. The highest BCUT2D eigenvalue weighted by Crippen LogP contribution is 2.68. The minimum atomic E-state index is -0.733. The number of aliphatic hydroxyl groups is 1. The Morgan fingerprint density at radius 3 is 2.61 bits per heavy atom. The van der Waals surface area contributed by atoms with Crippen LogP contribution in [-0.2, 0) is 20.8 Å². The Kier molecular flexibility index (Phi) is 6.89. The number of hydrogen-bond acceptors (Lipinski definition) is 7. The van der Waals surface area contributed by atoms with Gasteiger partial charge in [0.15, 0.2) is 0 Å². The molecule has 1 aromatic carbocycles. The van der Waals surface area contributed by atoms with Crippen LogP contribution in [0.25, 0.3) is 0 Å². The molecular weight excluding hydrogens is 520 g/mol. The van der Waals surface area contributed by atoms with Crippen LogP contribution in [0.2, 0.25) is 0 Å². The summed E-state index contributed by atoms with van der Waals surface area (Å²) in [5, 5.41) is 11.7. The largest absolute Gasteiger partial charge is 0.445 e. The van der Waals surface area contributed by atoms with Crippen LogP contribution in [-0.4, -0.2) is 66.3 Å². The third-order valence-corrected chi connectivity index (χ3v) is 12.0. The molecular formula is C33H44N2O6. The maximum Gasteiger partial charge on any atom is 0.417 e. The first-order chi connectivity index (χ1) is 19.5. The summed E-state index contributed by atoms with van der Waals surface area (Å²) in [6, 6.07) is 5.72. The Hall–Kier alpha value is -2.71. The zero-order valence-corrected chi connectivity index (χ0v) is 24.9. The molecule has 1 saturated heterocycles. The van der Waals surface area contributed by atoms with Gasteiger partial charge in [0, 0.05) is 47.5 Å². The van der Waals surface area contributed by atoms with Gasteiger partial charge >= 0.3 is 6.09 Å². The number of aliphatic hydroxyl groups excluding tert-OH is 1. The van der Waals surface area contributed by atoms with Gasteiger partial charge in [-0.3, -0.25) is 9.59 Å². The van der Waals surface area contributed by atoms with E-state index in [1.165, 1.54) is 4.90 Å². The highest BCUT2D eigenvalue weighted by Gasteiger charge is 2.68. The van der Waals surface area contributed by atoms with Gasteiger partial charge < -0.3 is 19.5 Å². The summed E-state index contributed by atoms with van der Waals surface area (Å²) in [7, 11) is 0. The van der Waals surface area contributed by atoms with E-state index in [4.69, 9.17) is 9.47 Å². The molecule has 8 heteroatoms. The van der Waals surface area contributed by atoms with E-state index in [1.54, 1.807) is 12.1 Å². The third kappa shape index (κ3) is 4.11. The van der Waals surface area contributed by atoms with Crippen LogP contribution in [0, 0.1) is 34.0 Å². The molecule has 1 N–H and O–H groups in total. The van der Waals surface area contributed by atoms with Gasteiger partial charge in [0.1, 0.15) is 11.9 Å². The molecule has 2 amide bonds. The summed E-state index contributed by atoms with van der Waals surface area (Å²) in [4.78, 5) is 44.4. The summed E-state index contributed by atoms with van der Waals surface area (Å²) >= 11 is 0. The lowest BCUT2D eigenvalue weighted by Crippen LogP contribution is -2.63. The smallest absolute Gasteiger partial charge is 0.417 e. The van der Waals surface area contributed by atoms with Crippen molar-refractivity contribution in [3.63, 3.8) is 0 Å². The average Bonchev–Trinajstić information content (AvgIpc) is 3.51. The molecule has 8 nitrogen and oxygen atoms in total. The molecule has 2 heterocycles. The number of hydrogen-bond donors (Lipinski definition) is 1. The molecule has 4 fully saturated rings. The number of carbonyl (C=O) groups excluding carboxylic acids is 3. The standard InChI is InChI=1S/C33H44N2O6/c1-6-31(4)18-26(32(5)20(2)9-11-33(21(3)28(31)37)12-10-25(36)27(32)33)41-30(39)35-19-22-17-23(7-8-24(22)29(35)38)34-13-15-40-16-14-34/h6-8,17,20-21,26-28,37H,1,9-16,18-19H2,2-5H3/t20-,21+,26-,27+,28+,31-,32+,33+/m1/s1.